The molecule has 0 unspecified atom stereocenters. The molecule has 7 heteroatoms. The largest absolute Gasteiger partial charge is 0.347 e. The summed E-state index contributed by atoms with van der Waals surface area (Å²) in [6.07, 6.45) is 1.78. The van der Waals surface area contributed by atoms with E-state index in [4.69, 9.17) is 11.6 Å². The van der Waals surface area contributed by atoms with Crippen molar-refractivity contribution in [1.82, 2.24) is 5.32 Å². The van der Waals surface area contributed by atoms with Crippen molar-refractivity contribution in [3.8, 4) is 0 Å². The number of anilines is 1. The third-order valence-electron chi connectivity index (χ3n) is 4.37. The van der Waals surface area contributed by atoms with Crippen molar-refractivity contribution in [3.05, 3.63) is 64.7 Å². The molecule has 0 saturated carbocycles. The normalized spacial score (nSPS) is 13.7. The highest BCUT2D eigenvalue weighted by molar-refractivity contribution is 7.92. The topological polar surface area (TPSA) is 66.5 Å². The Morgan fingerprint density at radius 2 is 1.67 bits per heavy atom. The first kappa shape index (κ1) is 21.3. The summed E-state index contributed by atoms with van der Waals surface area (Å²) in [6, 6.07) is 13.2. The lowest BCUT2D eigenvalue weighted by Crippen LogP contribution is -2.48. The van der Waals surface area contributed by atoms with Crippen molar-refractivity contribution >= 4 is 33.2 Å². The second-order valence-corrected chi connectivity index (χ2v) is 8.89. The van der Waals surface area contributed by atoms with Gasteiger partial charge in [-0.05, 0) is 50.1 Å². The van der Waals surface area contributed by atoms with Crippen molar-refractivity contribution in [3.63, 3.8) is 0 Å². The standard InChI is InChI=1S/C20H25ClN2O3S/c1-5-19(16-8-6-14(2)7-9-16)22-20(24)15(3)23(27(4,25)26)18-12-10-17(21)11-13-18/h6-13,15,19H,5H2,1-4H3,(H,22,24)/t15-,19+/m1/s1. The number of hydrogen-bond donors (Lipinski definition) is 1. The molecule has 0 aliphatic carbocycles. The zero-order valence-electron chi connectivity index (χ0n) is 15.9. The van der Waals surface area contributed by atoms with Gasteiger partial charge in [0.05, 0.1) is 18.0 Å². The van der Waals surface area contributed by atoms with E-state index in [1.807, 2.05) is 38.1 Å². The number of hydrogen-bond acceptors (Lipinski definition) is 3. The fourth-order valence-corrected chi connectivity index (χ4v) is 4.21. The maximum absolute atomic E-state index is 12.8. The maximum atomic E-state index is 12.8. The second kappa shape index (κ2) is 8.76. The summed E-state index contributed by atoms with van der Waals surface area (Å²) in [5.74, 6) is -0.359. The fraction of sp³-hybridized carbons (Fsp3) is 0.350. The Balaban J connectivity index is 2.26. The first-order chi connectivity index (χ1) is 12.6. The molecule has 0 saturated heterocycles. The van der Waals surface area contributed by atoms with E-state index in [1.54, 1.807) is 31.2 Å². The molecule has 1 amide bonds. The average Bonchev–Trinajstić information content (AvgIpc) is 2.61. The van der Waals surface area contributed by atoms with Crippen LogP contribution in [0.3, 0.4) is 0 Å². The molecule has 2 rings (SSSR count). The molecule has 146 valence electrons. The van der Waals surface area contributed by atoms with Gasteiger partial charge in [0, 0.05) is 5.02 Å². The molecule has 0 heterocycles. The predicted molar refractivity (Wildman–Crippen MR) is 111 cm³/mol. The number of nitrogens with zero attached hydrogens (tertiary/aromatic N) is 1. The Morgan fingerprint density at radius 3 is 2.15 bits per heavy atom. The van der Waals surface area contributed by atoms with Crippen LogP contribution in [0, 0.1) is 6.92 Å². The van der Waals surface area contributed by atoms with Crippen LogP contribution < -0.4 is 9.62 Å². The van der Waals surface area contributed by atoms with Crippen LogP contribution in [-0.2, 0) is 14.8 Å². The SMILES string of the molecule is CC[C@H](NC(=O)[C@@H](C)N(c1ccc(Cl)cc1)S(C)(=O)=O)c1ccc(C)cc1. The number of rotatable bonds is 7. The van der Waals surface area contributed by atoms with Crippen LogP contribution >= 0.6 is 11.6 Å². The quantitative estimate of drug-likeness (QED) is 0.750. The molecule has 1 N–H and O–H groups in total. The van der Waals surface area contributed by atoms with Crippen LogP contribution in [-0.4, -0.2) is 26.6 Å². The molecule has 2 atom stereocenters. The number of benzene rings is 2. The van der Waals surface area contributed by atoms with E-state index in [9.17, 15) is 13.2 Å². The summed E-state index contributed by atoms with van der Waals surface area (Å²) in [5.41, 5.74) is 2.52. The Kier molecular flexibility index (Phi) is 6.89. The lowest BCUT2D eigenvalue weighted by Gasteiger charge is -2.29. The van der Waals surface area contributed by atoms with Gasteiger partial charge in [0.1, 0.15) is 6.04 Å². The van der Waals surface area contributed by atoms with E-state index in [-0.39, 0.29) is 11.9 Å². The Bertz CT molecular complexity index is 880. The fourth-order valence-electron chi connectivity index (χ4n) is 2.91. The molecule has 0 bridgehead atoms. The molecule has 27 heavy (non-hydrogen) atoms. The van der Waals surface area contributed by atoms with Crippen LogP contribution in [0.15, 0.2) is 48.5 Å². The Morgan fingerprint density at radius 1 is 1.11 bits per heavy atom. The van der Waals surface area contributed by atoms with Gasteiger partial charge in [0.25, 0.3) is 0 Å². The highest BCUT2D eigenvalue weighted by Crippen LogP contribution is 2.24. The minimum atomic E-state index is -3.66. The molecule has 0 aliphatic rings. The van der Waals surface area contributed by atoms with Gasteiger partial charge in [-0.3, -0.25) is 9.10 Å². The van der Waals surface area contributed by atoms with Gasteiger partial charge in [0.15, 0.2) is 0 Å². The Labute approximate surface area is 166 Å². The lowest BCUT2D eigenvalue weighted by atomic mass is 10.0. The van der Waals surface area contributed by atoms with Crippen molar-refractivity contribution in [2.75, 3.05) is 10.6 Å². The maximum Gasteiger partial charge on any atom is 0.244 e. The number of amides is 1. The number of carbonyl (C=O) groups is 1. The average molecular weight is 409 g/mol. The predicted octanol–water partition coefficient (Wildman–Crippen LogP) is 4.07. The van der Waals surface area contributed by atoms with Crippen LogP contribution in [0.25, 0.3) is 0 Å². The first-order valence-corrected chi connectivity index (χ1v) is 11.0. The van der Waals surface area contributed by atoms with Gasteiger partial charge in [-0.1, -0.05) is 48.4 Å². The minimum absolute atomic E-state index is 0.188. The molecule has 0 fully saturated rings. The number of aryl methyl sites for hydroxylation is 1. The summed E-state index contributed by atoms with van der Waals surface area (Å²) in [6.45, 7) is 5.55. The van der Waals surface area contributed by atoms with Gasteiger partial charge >= 0.3 is 0 Å². The van der Waals surface area contributed by atoms with E-state index in [0.717, 1.165) is 21.7 Å². The highest BCUT2D eigenvalue weighted by atomic mass is 35.5. The molecule has 0 radical (unpaired) electrons. The third-order valence-corrected chi connectivity index (χ3v) is 5.87. The number of halogens is 1. The van der Waals surface area contributed by atoms with Crippen LogP contribution in [0.1, 0.15) is 37.4 Å². The molecule has 2 aromatic carbocycles. The van der Waals surface area contributed by atoms with Crippen LogP contribution in [0.2, 0.25) is 5.02 Å². The minimum Gasteiger partial charge on any atom is -0.347 e. The lowest BCUT2D eigenvalue weighted by molar-refractivity contribution is -0.122. The number of carbonyl (C=O) groups excluding carboxylic acids is 1. The van der Waals surface area contributed by atoms with E-state index in [1.165, 1.54) is 0 Å². The van der Waals surface area contributed by atoms with Crippen LogP contribution in [0.4, 0.5) is 5.69 Å². The van der Waals surface area contributed by atoms with E-state index in [0.29, 0.717) is 17.1 Å². The third kappa shape index (κ3) is 5.47. The summed E-state index contributed by atoms with van der Waals surface area (Å²) >= 11 is 5.89. The molecule has 5 nitrogen and oxygen atoms in total. The highest BCUT2D eigenvalue weighted by Gasteiger charge is 2.30. The molecule has 0 aliphatic heterocycles. The Hall–Kier alpha value is -2.05. The monoisotopic (exact) mass is 408 g/mol. The van der Waals surface area contributed by atoms with Crippen molar-refractivity contribution in [2.24, 2.45) is 0 Å². The summed E-state index contributed by atoms with van der Waals surface area (Å²) in [5, 5.41) is 3.46. The van der Waals surface area contributed by atoms with E-state index >= 15 is 0 Å². The second-order valence-electron chi connectivity index (χ2n) is 6.59. The zero-order chi connectivity index (χ0) is 20.2. The van der Waals surface area contributed by atoms with Crippen molar-refractivity contribution < 1.29 is 13.2 Å². The van der Waals surface area contributed by atoms with Gasteiger partial charge in [-0.25, -0.2) is 8.42 Å². The van der Waals surface area contributed by atoms with Crippen molar-refractivity contribution in [1.29, 1.82) is 0 Å². The molecular weight excluding hydrogens is 384 g/mol. The first-order valence-electron chi connectivity index (χ1n) is 8.75. The summed E-state index contributed by atoms with van der Waals surface area (Å²) < 4.78 is 25.8. The molecule has 2 aromatic rings. The molecule has 0 spiro atoms. The van der Waals surface area contributed by atoms with Crippen LogP contribution in [0.5, 0.6) is 0 Å². The van der Waals surface area contributed by atoms with E-state index < -0.39 is 16.1 Å². The summed E-state index contributed by atoms with van der Waals surface area (Å²) in [4.78, 5) is 12.8. The smallest absolute Gasteiger partial charge is 0.244 e. The van der Waals surface area contributed by atoms with E-state index in [2.05, 4.69) is 5.32 Å². The molecule has 0 aromatic heterocycles. The van der Waals surface area contributed by atoms with Gasteiger partial charge in [-0.2, -0.15) is 0 Å². The summed E-state index contributed by atoms with van der Waals surface area (Å²) in [7, 11) is -3.66. The zero-order valence-corrected chi connectivity index (χ0v) is 17.5. The van der Waals surface area contributed by atoms with Gasteiger partial charge in [0.2, 0.25) is 15.9 Å². The number of sulfonamides is 1. The number of nitrogens with one attached hydrogen (secondary N) is 1. The van der Waals surface area contributed by atoms with Gasteiger partial charge in [-0.15, -0.1) is 0 Å². The molecular formula is C20H25ClN2O3S. The van der Waals surface area contributed by atoms with Crippen molar-refractivity contribution in [2.45, 2.75) is 39.3 Å². The van der Waals surface area contributed by atoms with Gasteiger partial charge < -0.3 is 5.32 Å².